The molecular formula is C65H38N2O2. The van der Waals surface area contributed by atoms with Crippen molar-refractivity contribution in [2.75, 3.05) is 4.90 Å². The van der Waals surface area contributed by atoms with Crippen molar-refractivity contribution in [2.24, 2.45) is 0 Å². The third-order valence-corrected chi connectivity index (χ3v) is 15.4. The van der Waals surface area contributed by atoms with E-state index in [1.165, 1.54) is 55.3 Å². The highest BCUT2D eigenvalue weighted by atomic mass is 16.3. The van der Waals surface area contributed by atoms with E-state index in [1.54, 1.807) is 0 Å². The Bertz CT molecular complexity index is 4470. The summed E-state index contributed by atoms with van der Waals surface area (Å²) in [6, 6.07) is 84.4. The summed E-state index contributed by atoms with van der Waals surface area (Å²) < 4.78 is 15.8. The number of nitrogens with zero attached hydrogens (tertiary/aromatic N) is 2. The maximum atomic E-state index is 6.79. The average Bonchev–Trinajstić information content (AvgIpc) is 4.21. The first kappa shape index (κ1) is 37.0. The molecule has 0 amide bonds. The van der Waals surface area contributed by atoms with Gasteiger partial charge in [-0.15, -0.1) is 0 Å². The van der Waals surface area contributed by atoms with Gasteiger partial charge in [-0.2, -0.15) is 0 Å². The lowest BCUT2D eigenvalue weighted by Gasteiger charge is -2.32. The molecular weight excluding hydrogens is 841 g/mol. The lowest BCUT2D eigenvalue weighted by molar-refractivity contribution is 0.669. The van der Waals surface area contributed by atoms with Crippen LogP contribution in [-0.4, -0.2) is 4.57 Å². The number of hydrogen-bond acceptors (Lipinski definition) is 3. The topological polar surface area (TPSA) is 34.5 Å². The van der Waals surface area contributed by atoms with Crippen LogP contribution >= 0.6 is 0 Å². The van der Waals surface area contributed by atoms with Crippen LogP contribution in [-0.2, 0) is 5.41 Å². The molecule has 0 unspecified atom stereocenters. The fraction of sp³-hybridized carbons (Fsp3) is 0.0154. The van der Waals surface area contributed by atoms with E-state index in [0.29, 0.717) is 0 Å². The number of aromatic nitrogens is 1. The molecule has 0 radical (unpaired) electrons. The third kappa shape index (κ3) is 4.77. The van der Waals surface area contributed by atoms with Crippen molar-refractivity contribution in [3.05, 3.63) is 253 Å². The monoisotopic (exact) mass is 878 g/mol. The molecule has 14 aromatic rings. The molecule has 0 saturated heterocycles. The summed E-state index contributed by atoms with van der Waals surface area (Å²) >= 11 is 0. The highest BCUT2D eigenvalue weighted by Crippen LogP contribution is 2.65. The number of hydrogen-bond donors (Lipinski definition) is 0. The van der Waals surface area contributed by atoms with Crippen LogP contribution in [0, 0.1) is 0 Å². The van der Waals surface area contributed by atoms with Crippen molar-refractivity contribution in [3.63, 3.8) is 0 Å². The first-order valence-corrected chi connectivity index (χ1v) is 23.7. The molecule has 0 bridgehead atoms. The van der Waals surface area contributed by atoms with Gasteiger partial charge >= 0.3 is 0 Å². The molecule has 0 saturated carbocycles. The zero-order chi connectivity index (χ0) is 45.0. The summed E-state index contributed by atoms with van der Waals surface area (Å²) in [7, 11) is 0. The van der Waals surface area contributed by atoms with Gasteiger partial charge in [-0.05, 0) is 129 Å². The Hall–Kier alpha value is -9.12. The maximum Gasteiger partial charge on any atom is 0.145 e. The average molecular weight is 879 g/mol. The molecule has 0 fully saturated rings. The summed E-state index contributed by atoms with van der Waals surface area (Å²) in [5.74, 6) is 0. The predicted molar refractivity (Wildman–Crippen MR) is 284 cm³/mol. The van der Waals surface area contributed by atoms with E-state index in [4.69, 9.17) is 8.83 Å². The van der Waals surface area contributed by atoms with Gasteiger partial charge in [0.1, 0.15) is 22.3 Å². The number of benzene rings is 11. The van der Waals surface area contributed by atoms with Gasteiger partial charge in [0.05, 0.1) is 27.5 Å². The first-order chi connectivity index (χ1) is 34.2. The molecule has 4 heteroatoms. The van der Waals surface area contributed by atoms with E-state index < -0.39 is 5.41 Å². The van der Waals surface area contributed by atoms with E-state index in [2.05, 4.69) is 234 Å². The van der Waals surface area contributed by atoms with E-state index >= 15 is 0 Å². The second kappa shape index (κ2) is 13.5. The summed E-state index contributed by atoms with van der Waals surface area (Å²) in [6.07, 6.45) is 0. The van der Waals surface area contributed by atoms with Crippen molar-refractivity contribution in [1.82, 2.24) is 4.57 Å². The third-order valence-electron chi connectivity index (χ3n) is 15.4. The highest BCUT2D eigenvalue weighted by Gasteiger charge is 2.52. The number of anilines is 3. The summed E-state index contributed by atoms with van der Waals surface area (Å²) in [4.78, 5) is 2.49. The Morgan fingerprint density at radius 2 is 0.986 bits per heavy atom. The molecule has 320 valence electrons. The van der Waals surface area contributed by atoms with Crippen LogP contribution in [0.5, 0.6) is 0 Å². The SMILES string of the molecule is c1ccc(-n2c3cc(N(c4ccc5oc6ccc7ccccc7c6c5c4)c4cccc5c4-c4ccccc4C54c5ccccc5-c5ccccc54)ccc3c3c4oc5ccccc5c4ccc32)cc1. The predicted octanol–water partition coefficient (Wildman–Crippen LogP) is 17.5. The first-order valence-electron chi connectivity index (χ1n) is 23.7. The molecule has 1 spiro atoms. The van der Waals surface area contributed by atoms with Crippen LogP contribution in [0.4, 0.5) is 17.1 Å². The van der Waals surface area contributed by atoms with Gasteiger partial charge in [-0.3, -0.25) is 0 Å². The fourth-order valence-corrected chi connectivity index (χ4v) is 12.7. The lowest BCUT2D eigenvalue weighted by Crippen LogP contribution is -2.26. The molecule has 11 aromatic carbocycles. The molecule has 0 aliphatic heterocycles. The fourth-order valence-electron chi connectivity index (χ4n) is 12.7. The van der Waals surface area contributed by atoms with E-state index in [0.717, 1.165) is 88.4 Å². The number of fused-ring (bicyclic) bond motifs is 22. The molecule has 16 rings (SSSR count). The second-order valence-corrected chi connectivity index (χ2v) is 18.7. The molecule has 4 nitrogen and oxygen atoms in total. The minimum atomic E-state index is -0.494. The standard InChI is InChI=1S/C65H38N2O2/c1-2-16-40(17-3-1)67-56-34-33-47-46-21-9-13-28-58(46)69-64(47)63(56)49-32-30-42(38-57(49)67)66(41-31-36-59-50(37-41)61-43-18-5-4-15-39(43)29-35-60(61)68-59)55-27-14-26-54-62(55)48-22-8-12-25-53(48)65(54)51-23-10-6-19-44(51)45-20-7-11-24-52(45)65/h1-38H. The second-order valence-electron chi connectivity index (χ2n) is 18.7. The van der Waals surface area contributed by atoms with Gasteiger partial charge in [-0.1, -0.05) is 152 Å². The molecule has 0 N–H and O–H groups in total. The summed E-state index contributed by atoms with van der Waals surface area (Å²) in [6.45, 7) is 0. The minimum Gasteiger partial charge on any atom is -0.456 e. The molecule has 3 aromatic heterocycles. The Morgan fingerprint density at radius 3 is 1.81 bits per heavy atom. The van der Waals surface area contributed by atoms with Crippen molar-refractivity contribution in [2.45, 2.75) is 5.41 Å². The Kier molecular flexibility index (Phi) is 7.24. The smallest absolute Gasteiger partial charge is 0.145 e. The molecule has 0 atom stereocenters. The van der Waals surface area contributed by atoms with Crippen LogP contribution in [0.1, 0.15) is 22.3 Å². The number of furan rings is 2. The van der Waals surface area contributed by atoms with Crippen molar-refractivity contribution >= 4 is 93.5 Å². The van der Waals surface area contributed by atoms with Gasteiger partial charge in [0.15, 0.2) is 0 Å². The highest BCUT2D eigenvalue weighted by molar-refractivity contribution is 6.24. The van der Waals surface area contributed by atoms with Gasteiger partial charge in [0.25, 0.3) is 0 Å². The van der Waals surface area contributed by atoms with Gasteiger partial charge in [-0.25, -0.2) is 0 Å². The number of para-hydroxylation sites is 2. The molecule has 3 heterocycles. The maximum absolute atomic E-state index is 6.79. The Morgan fingerprint density at radius 1 is 0.362 bits per heavy atom. The van der Waals surface area contributed by atoms with Gasteiger partial charge in [0.2, 0.25) is 0 Å². The van der Waals surface area contributed by atoms with Crippen molar-refractivity contribution < 1.29 is 8.83 Å². The Labute approximate surface area is 396 Å². The zero-order valence-corrected chi connectivity index (χ0v) is 37.2. The van der Waals surface area contributed by atoms with E-state index in [1.807, 2.05) is 6.07 Å². The van der Waals surface area contributed by atoms with Crippen molar-refractivity contribution in [1.29, 1.82) is 0 Å². The van der Waals surface area contributed by atoms with E-state index in [-0.39, 0.29) is 0 Å². The summed E-state index contributed by atoms with van der Waals surface area (Å²) in [5.41, 5.74) is 19.8. The van der Waals surface area contributed by atoms with Crippen LogP contribution in [0.25, 0.3) is 104 Å². The quantitative estimate of drug-likeness (QED) is 0.177. The zero-order valence-electron chi connectivity index (χ0n) is 37.2. The Balaban J connectivity index is 1.02. The normalized spacial score (nSPS) is 13.3. The largest absolute Gasteiger partial charge is 0.456 e. The van der Waals surface area contributed by atoms with Crippen LogP contribution < -0.4 is 4.90 Å². The lowest BCUT2D eigenvalue weighted by atomic mass is 9.70. The van der Waals surface area contributed by atoms with Crippen LogP contribution in [0.15, 0.2) is 239 Å². The van der Waals surface area contributed by atoms with Crippen LogP contribution in [0.2, 0.25) is 0 Å². The van der Waals surface area contributed by atoms with Gasteiger partial charge in [0, 0.05) is 49.6 Å². The number of rotatable bonds is 4. The molecule has 2 aliphatic carbocycles. The van der Waals surface area contributed by atoms with Crippen molar-refractivity contribution in [3.8, 4) is 27.9 Å². The van der Waals surface area contributed by atoms with Gasteiger partial charge < -0.3 is 18.3 Å². The molecule has 69 heavy (non-hydrogen) atoms. The minimum absolute atomic E-state index is 0.494. The molecule has 2 aliphatic rings. The van der Waals surface area contributed by atoms with E-state index in [9.17, 15) is 0 Å². The van der Waals surface area contributed by atoms with Crippen LogP contribution in [0.3, 0.4) is 0 Å². The summed E-state index contributed by atoms with van der Waals surface area (Å²) in [5, 5.41) is 9.05.